The monoisotopic (exact) mass is 442 g/mol. The summed E-state index contributed by atoms with van der Waals surface area (Å²) >= 11 is 0. The third kappa shape index (κ3) is 5.14. The number of carbonyl (C=O) groups is 1. The van der Waals surface area contributed by atoms with E-state index in [2.05, 4.69) is 15.3 Å². The highest BCUT2D eigenvalue weighted by atomic mass is 32.2. The average molecular weight is 442 g/mol. The van der Waals surface area contributed by atoms with Gasteiger partial charge in [0.2, 0.25) is 10.0 Å². The SMILES string of the molecule is Cc1cc(C(F)(F)F)nc(CCNC(=O)c2ccc(S(=O)(=O)N3CCCC3)cc2)n1. The lowest BCUT2D eigenvalue weighted by Crippen LogP contribution is -2.28. The van der Waals surface area contributed by atoms with Gasteiger partial charge < -0.3 is 5.32 Å². The van der Waals surface area contributed by atoms with Crippen LogP contribution in [0.4, 0.5) is 13.2 Å². The summed E-state index contributed by atoms with van der Waals surface area (Å²) in [6, 6.07) is 6.43. The van der Waals surface area contributed by atoms with Crippen LogP contribution in [0.25, 0.3) is 0 Å². The number of rotatable bonds is 6. The van der Waals surface area contributed by atoms with E-state index in [4.69, 9.17) is 0 Å². The number of sulfonamides is 1. The fourth-order valence-electron chi connectivity index (χ4n) is 3.13. The predicted molar refractivity (Wildman–Crippen MR) is 102 cm³/mol. The molecule has 0 radical (unpaired) electrons. The second-order valence-electron chi connectivity index (χ2n) is 6.95. The molecule has 0 aliphatic carbocycles. The molecular weight excluding hydrogens is 421 g/mol. The number of aromatic nitrogens is 2. The van der Waals surface area contributed by atoms with Crippen LogP contribution < -0.4 is 5.32 Å². The van der Waals surface area contributed by atoms with Gasteiger partial charge in [-0.2, -0.15) is 17.5 Å². The molecule has 1 aromatic carbocycles. The Morgan fingerprint density at radius 1 is 1.13 bits per heavy atom. The van der Waals surface area contributed by atoms with Crippen LogP contribution in [-0.4, -0.2) is 48.2 Å². The number of carbonyl (C=O) groups excluding carboxylic acids is 1. The first-order chi connectivity index (χ1) is 14.1. The van der Waals surface area contributed by atoms with E-state index in [1.165, 1.54) is 35.5 Å². The lowest BCUT2D eigenvalue weighted by atomic mass is 10.2. The van der Waals surface area contributed by atoms with Gasteiger partial charge in [0.05, 0.1) is 4.90 Å². The van der Waals surface area contributed by atoms with Crippen LogP contribution in [0.5, 0.6) is 0 Å². The van der Waals surface area contributed by atoms with E-state index in [1.807, 2.05) is 0 Å². The van der Waals surface area contributed by atoms with E-state index in [0.29, 0.717) is 13.1 Å². The minimum absolute atomic E-state index is 0.0188. The molecule has 0 spiro atoms. The summed E-state index contributed by atoms with van der Waals surface area (Å²) in [6.07, 6.45) is -2.88. The largest absolute Gasteiger partial charge is 0.433 e. The number of hydrogen-bond acceptors (Lipinski definition) is 5. The van der Waals surface area contributed by atoms with Crippen molar-refractivity contribution in [3.63, 3.8) is 0 Å². The first-order valence-corrected chi connectivity index (χ1v) is 10.8. The highest BCUT2D eigenvalue weighted by Gasteiger charge is 2.33. The number of benzene rings is 1. The van der Waals surface area contributed by atoms with Gasteiger partial charge in [-0.25, -0.2) is 18.4 Å². The first-order valence-electron chi connectivity index (χ1n) is 9.37. The lowest BCUT2D eigenvalue weighted by Gasteiger charge is -2.15. The molecule has 0 saturated carbocycles. The molecule has 1 aliphatic heterocycles. The van der Waals surface area contributed by atoms with Gasteiger partial charge in [-0.15, -0.1) is 0 Å². The van der Waals surface area contributed by atoms with Crippen molar-refractivity contribution in [2.24, 2.45) is 0 Å². The molecule has 1 aliphatic rings. The van der Waals surface area contributed by atoms with Crippen LogP contribution in [0.1, 0.15) is 40.4 Å². The maximum atomic E-state index is 12.8. The van der Waals surface area contributed by atoms with Crippen molar-refractivity contribution in [2.75, 3.05) is 19.6 Å². The molecular formula is C19H21F3N4O3S. The Balaban J connectivity index is 1.60. The van der Waals surface area contributed by atoms with Gasteiger partial charge in [0.15, 0.2) is 0 Å². The van der Waals surface area contributed by atoms with Crippen molar-refractivity contribution >= 4 is 15.9 Å². The molecule has 30 heavy (non-hydrogen) atoms. The van der Waals surface area contributed by atoms with Crippen LogP contribution in [0.2, 0.25) is 0 Å². The highest BCUT2D eigenvalue weighted by molar-refractivity contribution is 7.89. The Morgan fingerprint density at radius 3 is 2.37 bits per heavy atom. The number of nitrogens with one attached hydrogen (secondary N) is 1. The lowest BCUT2D eigenvalue weighted by molar-refractivity contribution is -0.141. The Bertz CT molecular complexity index is 1020. The van der Waals surface area contributed by atoms with Gasteiger partial charge in [0.25, 0.3) is 5.91 Å². The zero-order chi connectivity index (χ0) is 21.9. The number of alkyl halides is 3. The van der Waals surface area contributed by atoms with Crippen LogP contribution in [0, 0.1) is 6.92 Å². The fourth-order valence-corrected chi connectivity index (χ4v) is 4.65. The summed E-state index contributed by atoms with van der Waals surface area (Å²) in [5, 5.41) is 2.58. The van der Waals surface area contributed by atoms with Crippen molar-refractivity contribution in [3.05, 3.63) is 53.1 Å². The minimum atomic E-state index is -4.57. The van der Waals surface area contributed by atoms with Crippen molar-refractivity contribution in [2.45, 2.75) is 37.3 Å². The number of amides is 1. The number of aryl methyl sites for hydroxylation is 1. The van der Waals surface area contributed by atoms with Gasteiger partial charge in [0, 0.05) is 37.3 Å². The summed E-state index contributed by atoms with van der Waals surface area (Å²) in [7, 11) is -3.56. The number of halogens is 3. The molecule has 1 fully saturated rings. The zero-order valence-electron chi connectivity index (χ0n) is 16.2. The topological polar surface area (TPSA) is 92.3 Å². The molecule has 162 valence electrons. The minimum Gasteiger partial charge on any atom is -0.352 e. The molecule has 0 bridgehead atoms. The van der Waals surface area contributed by atoms with Crippen molar-refractivity contribution < 1.29 is 26.4 Å². The molecule has 0 atom stereocenters. The van der Waals surface area contributed by atoms with E-state index in [0.717, 1.165) is 18.9 Å². The Hall–Kier alpha value is -2.53. The van der Waals surface area contributed by atoms with Gasteiger partial charge in [-0.05, 0) is 50.1 Å². The Morgan fingerprint density at radius 2 is 1.77 bits per heavy atom. The van der Waals surface area contributed by atoms with Gasteiger partial charge in [-0.1, -0.05) is 0 Å². The summed E-state index contributed by atoms with van der Waals surface area (Å²) in [6.45, 7) is 2.45. The molecule has 0 unspecified atom stereocenters. The normalized spacial score (nSPS) is 15.3. The maximum Gasteiger partial charge on any atom is 0.433 e. The van der Waals surface area contributed by atoms with Crippen LogP contribution in [0.3, 0.4) is 0 Å². The number of nitrogens with zero attached hydrogens (tertiary/aromatic N) is 3. The maximum absolute atomic E-state index is 12.8. The van der Waals surface area contributed by atoms with E-state index < -0.39 is 27.8 Å². The van der Waals surface area contributed by atoms with Gasteiger partial charge in [-0.3, -0.25) is 4.79 Å². The van der Waals surface area contributed by atoms with E-state index in [-0.39, 0.29) is 34.9 Å². The second-order valence-corrected chi connectivity index (χ2v) is 8.89. The van der Waals surface area contributed by atoms with Crippen molar-refractivity contribution in [1.29, 1.82) is 0 Å². The van der Waals surface area contributed by atoms with Crippen LogP contribution >= 0.6 is 0 Å². The number of hydrogen-bond donors (Lipinski definition) is 1. The summed E-state index contributed by atoms with van der Waals surface area (Å²) < 4.78 is 64.9. The molecule has 1 saturated heterocycles. The molecule has 1 amide bonds. The highest BCUT2D eigenvalue weighted by Crippen LogP contribution is 2.27. The first kappa shape index (κ1) is 22.2. The average Bonchev–Trinajstić information content (AvgIpc) is 3.22. The van der Waals surface area contributed by atoms with Crippen LogP contribution in [0.15, 0.2) is 35.2 Å². The molecule has 11 heteroatoms. The Labute approximate surface area is 172 Å². The molecule has 2 aromatic rings. The van der Waals surface area contributed by atoms with E-state index >= 15 is 0 Å². The zero-order valence-corrected chi connectivity index (χ0v) is 17.1. The molecule has 1 N–H and O–H groups in total. The molecule has 7 nitrogen and oxygen atoms in total. The van der Waals surface area contributed by atoms with Gasteiger partial charge >= 0.3 is 6.18 Å². The van der Waals surface area contributed by atoms with Crippen molar-refractivity contribution in [1.82, 2.24) is 19.6 Å². The van der Waals surface area contributed by atoms with E-state index in [1.54, 1.807) is 0 Å². The third-order valence-electron chi connectivity index (χ3n) is 4.64. The third-order valence-corrected chi connectivity index (χ3v) is 6.56. The smallest absolute Gasteiger partial charge is 0.352 e. The van der Waals surface area contributed by atoms with E-state index in [9.17, 15) is 26.4 Å². The summed E-state index contributed by atoms with van der Waals surface area (Å²) in [5.74, 6) is -0.488. The second kappa shape index (κ2) is 8.68. The van der Waals surface area contributed by atoms with Crippen molar-refractivity contribution in [3.8, 4) is 0 Å². The predicted octanol–water partition coefficient (Wildman–Crippen LogP) is 2.56. The van der Waals surface area contributed by atoms with Crippen LogP contribution in [-0.2, 0) is 22.6 Å². The molecule has 1 aromatic heterocycles. The molecule has 2 heterocycles. The van der Waals surface area contributed by atoms with Gasteiger partial charge in [0.1, 0.15) is 11.5 Å². The quantitative estimate of drug-likeness (QED) is 0.742. The molecule has 3 rings (SSSR count). The standard InChI is InChI=1S/C19H21F3N4O3S/c1-13-12-16(19(20,21)22)25-17(24-13)8-9-23-18(27)14-4-6-15(7-5-14)30(28,29)26-10-2-3-11-26/h4-7,12H,2-3,8-11H2,1H3,(H,23,27). The summed E-state index contributed by atoms with van der Waals surface area (Å²) in [4.78, 5) is 19.8. The fraction of sp³-hybridized carbons (Fsp3) is 0.421. The Kier molecular flexibility index (Phi) is 6.41. The summed E-state index contributed by atoms with van der Waals surface area (Å²) in [5.41, 5.74) is -0.587.